The van der Waals surface area contributed by atoms with Crippen LogP contribution in [0.15, 0.2) is 54.6 Å². The van der Waals surface area contributed by atoms with Crippen LogP contribution in [0.3, 0.4) is 0 Å². The van der Waals surface area contributed by atoms with E-state index in [2.05, 4.69) is 5.32 Å². The summed E-state index contributed by atoms with van der Waals surface area (Å²) in [4.78, 5) is 12.7. The van der Waals surface area contributed by atoms with E-state index < -0.39 is 16.1 Å². The molecule has 2 rings (SSSR count). The van der Waals surface area contributed by atoms with E-state index >= 15 is 0 Å². The second kappa shape index (κ2) is 8.82. The Hall–Kier alpha value is -2.38. The van der Waals surface area contributed by atoms with Gasteiger partial charge < -0.3 is 10.1 Å². The number of hydrogen-bond donors (Lipinski definition) is 1. The van der Waals surface area contributed by atoms with Crippen LogP contribution in [0.2, 0.25) is 0 Å². The lowest BCUT2D eigenvalue weighted by molar-refractivity contribution is -0.124. The predicted molar refractivity (Wildman–Crippen MR) is 101 cm³/mol. The van der Waals surface area contributed by atoms with Gasteiger partial charge in [0.25, 0.3) is 0 Å². The van der Waals surface area contributed by atoms with Gasteiger partial charge >= 0.3 is 0 Å². The maximum Gasteiger partial charge on any atom is 0.243 e. The van der Waals surface area contributed by atoms with Crippen LogP contribution in [0.5, 0.6) is 5.75 Å². The molecule has 1 N–H and O–H groups in total. The summed E-state index contributed by atoms with van der Waals surface area (Å²) in [7, 11) is -0.500. The lowest BCUT2D eigenvalue weighted by Crippen LogP contribution is -2.41. The van der Waals surface area contributed by atoms with E-state index in [0.29, 0.717) is 18.5 Å². The standard InChI is InChI=1S/C19H24N2O4S/c1-21(26(3,23)24)18(16-7-5-4-6-8-16)19(22)20-14-13-15-9-11-17(25-2)12-10-15/h4-12,18H,13-14H2,1-3H3,(H,20,22)/t18-/m0/s1. The molecule has 1 atom stereocenters. The fraction of sp³-hybridized carbons (Fsp3) is 0.316. The van der Waals surface area contributed by atoms with Crippen molar-refractivity contribution in [1.29, 1.82) is 0 Å². The van der Waals surface area contributed by atoms with Gasteiger partial charge in [-0.15, -0.1) is 0 Å². The van der Waals surface area contributed by atoms with E-state index in [1.807, 2.05) is 30.3 Å². The van der Waals surface area contributed by atoms with Crippen molar-refractivity contribution in [2.75, 3.05) is 27.0 Å². The Morgan fingerprint density at radius 2 is 1.73 bits per heavy atom. The average molecular weight is 376 g/mol. The molecule has 7 heteroatoms. The van der Waals surface area contributed by atoms with Crippen molar-refractivity contribution in [2.45, 2.75) is 12.5 Å². The molecule has 0 saturated carbocycles. The fourth-order valence-corrected chi connectivity index (χ4v) is 3.17. The molecule has 6 nitrogen and oxygen atoms in total. The molecular weight excluding hydrogens is 352 g/mol. The number of amides is 1. The average Bonchev–Trinajstić information content (AvgIpc) is 2.62. The van der Waals surface area contributed by atoms with Crippen molar-refractivity contribution < 1.29 is 17.9 Å². The van der Waals surface area contributed by atoms with Gasteiger partial charge in [0, 0.05) is 13.6 Å². The summed E-state index contributed by atoms with van der Waals surface area (Å²) >= 11 is 0. The summed E-state index contributed by atoms with van der Waals surface area (Å²) in [5.74, 6) is 0.425. The molecule has 0 spiro atoms. The van der Waals surface area contributed by atoms with Crippen LogP contribution >= 0.6 is 0 Å². The van der Waals surface area contributed by atoms with Crippen LogP contribution in [0.25, 0.3) is 0 Å². The van der Waals surface area contributed by atoms with Gasteiger partial charge in [-0.1, -0.05) is 42.5 Å². The van der Waals surface area contributed by atoms with E-state index in [0.717, 1.165) is 21.9 Å². The first kappa shape index (κ1) is 19.9. The number of sulfonamides is 1. The number of methoxy groups -OCH3 is 1. The predicted octanol–water partition coefficient (Wildman–Crippen LogP) is 1.99. The summed E-state index contributed by atoms with van der Waals surface area (Å²) in [6.45, 7) is 0.409. The molecule has 0 aliphatic rings. The van der Waals surface area contributed by atoms with Crippen LogP contribution in [-0.2, 0) is 21.2 Å². The summed E-state index contributed by atoms with van der Waals surface area (Å²) < 4.78 is 30.1. The monoisotopic (exact) mass is 376 g/mol. The Morgan fingerprint density at radius 3 is 2.27 bits per heavy atom. The maximum atomic E-state index is 12.7. The van der Waals surface area contributed by atoms with E-state index in [1.54, 1.807) is 31.4 Å². The molecule has 2 aromatic rings. The summed E-state index contributed by atoms with van der Waals surface area (Å²) in [5.41, 5.74) is 1.68. The summed E-state index contributed by atoms with van der Waals surface area (Å²) in [5, 5.41) is 2.84. The Labute approximate surface area is 154 Å². The SMILES string of the molecule is COc1ccc(CCNC(=O)[C@H](c2ccccc2)N(C)S(C)(=O)=O)cc1. The number of likely N-dealkylation sites (N-methyl/N-ethyl adjacent to an activating group) is 1. The quantitative estimate of drug-likeness (QED) is 0.764. The van der Waals surface area contributed by atoms with Crippen molar-refractivity contribution >= 4 is 15.9 Å². The van der Waals surface area contributed by atoms with E-state index in [-0.39, 0.29) is 5.91 Å². The van der Waals surface area contributed by atoms with Gasteiger partial charge in [0.2, 0.25) is 15.9 Å². The topological polar surface area (TPSA) is 75.7 Å². The summed E-state index contributed by atoms with van der Waals surface area (Å²) in [6.07, 6.45) is 1.73. The first-order valence-corrected chi connectivity index (χ1v) is 10.1. The molecule has 0 saturated heterocycles. The van der Waals surface area contributed by atoms with Crippen molar-refractivity contribution in [3.05, 3.63) is 65.7 Å². The minimum Gasteiger partial charge on any atom is -0.497 e. The third-order valence-electron chi connectivity index (χ3n) is 4.12. The summed E-state index contributed by atoms with van der Waals surface area (Å²) in [6, 6.07) is 15.6. The second-order valence-electron chi connectivity index (χ2n) is 5.98. The Balaban J connectivity index is 2.06. The molecule has 2 aromatic carbocycles. The zero-order valence-corrected chi connectivity index (χ0v) is 16.0. The Morgan fingerprint density at radius 1 is 1.12 bits per heavy atom. The van der Waals surface area contributed by atoms with Gasteiger partial charge in [-0.05, 0) is 29.7 Å². The minimum absolute atomic E-state index is 0.349. The van der Waals surface area contributed by atoms with E-state index in [9.17, 15) is 13.2 Å². The Bertz CT molecular complexity index is 820. The number of rotatable bonds is 8. The van der Waals surface area contributed by atoms with Crippen LogP contribution in [0.1, 0.15) is 17.2 Å². The number of carbonyl (C=O) groups excluding carboxylic acids is 1. The fourth-order valence-electron chi connectivity index (χ4n) is 2.57. The Kier molecular flexibility index (Phi) is 6.76. The number of hydrogen-bond acceptors (Lipinski definition) is 4. The zero-order chi connectivity index (χ0) is 19.2. The molecule has 1 amide bonds. The minimum atomic E-state index is -3.52. The normalized spacial score (nSPS) is 12.6. The van der Waals surface area contributed by atoms with Gasteiger partial charge in [-0.25, -0.2) is 8.42 Å². The van der Waals surface area contributed by atoms with Crippen LogP contribution < -0.4 is 10.1 Å². The first-order chi connectivity index (χ1) is 12.3. The largest absolute Gasteiger partial charge is 0.497 e. The van der Waals surface area contributed by atoms with E-state index in [1.165, 1.54) is 7.05 Å². The second-order valence-corrected chi connectivity index (χ2v) is 8.02. The highest BCUT2D eigenvalue weighted by Crippen LogP contribution is 2.22. The molecule has 0 bridgehead atoms. The highest BCUT2D eigenvalue weighted by Gasteiger charge is 2.30. The van der Waals surface area contributed by atoms with Gasteiger partial charge in [0.15, 0.2) is 0 Å². The third-order valence-corrected chi connectivity index (χ3v) is 5.38. The maximum absolute atomic E-state index is 12.7. The highest BCUT2D eigenvalue weighted by atomic mass is 32.2. The van der Waals surface area contributed by atoms with Gasteiger partial charge in [0.05, 0.1) is 13.4 Å². The molecule has 0 unspecified atom stereocenters. The molecular formula is C19H24N2O4S. The lowest BCUT2D eigenvalue weighted by Gasteiger charge is -2.25. The zero-order valence-electron chi connectivity index (χ0n) is 15.2. The van der Waals surface area contributed by atoms with Crippen LogP contribution in [0.4, 0.5) is 0 Å². The van der Waals surface area contributed by atoms with Crippen LogP contribution in [-0.4, -0.2) is 45.6 Å². The number of benzene rings is 2. The lowest BCUT2D eigenvalue weighted by atomic mass is 10.1. The highest BCUT2D eigenvalue weighted by molar-refractivity contribution is 7.88. The van der Waals surface area contributed by atoms with Gasteiger partial charge in [0.1, 0.15) is 11.8 Å². The molecule has 140 valence electrons. The molecule has 0 aromatic heterocycles. The molecule has 0 aliphatic carbocycles. The van der Waals surface area contributed by atoms with E-state index in [4.69, 9.17) is 4.74 Å². The first-order valence-electron chi connectivity index (χ1n) is 8.21. The smallest absolute Gasteiger partial charge is 0.243 e. The number of carbonyl (C=O) groups is 1. The van der Waals surface area contributed by atoms with Gasteiger partial charge in [-0.2, -0.15) is 4.31 Å². The van der Waals surface area contributed by atoms with Crippen molar-refractivity contribution in [2.24, 2.45) is 0 Å². The molecule has 0 heterocycles. The molecule has 0 radical (unpaired) electrons. The molecule has 0 fully saturated rings. The number of ether oxygens (including phenoxy) is 1. The third kappa shape index (κ3) is 5.31. The number of nitrogens with zero attached hydrogens (tertiary/aromatic N) is 1. The van der Waals surface area contributed by atoms with Crippen molar-refractivity contribution in [1.82, 2.24) is 9.62 Å². The van der Waals surface area contributed by atoms with Crippen molar-refractivity contribution in [3.63, 3.8) is 0 Å². The molecule has 0 aliphatic heterocycles. The molecule has 26 heavy (non-hydrogen) atoms. The number of nitrogens with one attached hydrogen (secondary N) is 1. The van der Waals surface area contributed by atoms with Gasteiger partial charge in [-0.3, -0.25) is 4.79 Å². The van der Waals surface area contributed by atoms with Crippen LogP contribution in [0, 0.1) is 0 Å². The van der Waals surface area contributed by atoms with Crippen molar-refractivity contribution in [3.8, 4) is 5.75 Å².